The summed E-state index contributed by atoms with van der Waals surface area (Å²) in [5.74, 6) is 0. The van der Waals surface area contributed by atoms with E-state index in [-0.39, 0.29) is 6.85 Å². The van der Waals surface area contributed by atoms with Crippen molar-refractivity contribution in [3.8, 4) is 11.1 Å². The quantitative estimate of drug-likeness (QED) is 0.0902. The molecule has 2 aliphatic rings. The maximum absolute atomic E-state index is 6.98. The summed E-state index contributed by atoms with van der Waals surface area (Å²) >= 11 is 0. The molecule has 0 N–H and O–H groups in total. The Morgan fingerprint density at radius 2 is 1.05 bits per heavy atom. The molecular weight excluding hydrogens is 886 g/mol. The molecule has 5 heteroatoms. The average molecular weight is 950 g/mol. The number of aryl methyl sites for hydroxylation is 4. The predicted octanol–water partition coefficient (Wildman–Crippen LogP) is 18.1. The topological polar surface area (TPSA) is 24.6 Å². The van der Waals surface area contributed by atoms with Crippen molar-refractivity contribution in [3.05, 3.63) is 192 Å². The zero-order valence-electron chi connectivity index (χ0n) is 43.0. The number of benzene rings is 9. The predicted molar refractivity (Wildman–Crippen MR) is 314 cm³/mol. The third-order valence-electron chi connectivity index (χ3n) is 16.2. The summed E-state index contributed by atoms with van der Waals surface area (Å²) in [7, 11) is 0. The van der Waals surface area contributed by atoms with Gasteiger partial charge in [-0.1, -0.05) is 138 Å². The van der Waals surface area contributed by atoms with Crippen LogP contribution < -0.4 is 20.7 Å². The summed E-state index contributed by atoms with van der Waals surface area (Å²) in [6.07, 6.45) is 13.8. The maximum Gasteiger partial charge on any atom is 0.333 e. The molecule has 4 nitrogen and oxygen atoms in total. The van der Waals surface area contributed by atoms with Crippen LogP contribution in [0.15, 0.2) is 174 Å². The lowest BCUT2D eigenvalue weighted by Gasteiger charge is -2.41. The van der Waals surface area contributed by atoms with Crippen molar-refractivity contribution in [2.45, 2.75) is 105 Å². The van der Waals surface area contributed by atoms with Crippen LogP contribution in [0.1, 0.15) is 101 Å². The molecule has 13 rings (SSSR count). The van der Waals surface area contributed by atoms with E-state index in [0.717, 1.165) is 88.9 Å². The zero-order valence-corrected chi connectivity index (χ0v) is 43.0. The van der Waals surface area contributed by atoms with E-state index in [1.807, 2.05) is 0 Å². The molecule has 0 atom stereocenters. The highest BCUT2D eigenvalue weighted by Crippen LogP contribution is 2.51. The average Bonchev–Trinajstić information content (AvgIpc) is 3.98. The fourth-order valence-electron chi connectivity index (χ4n) is 12.6. The fourth-order valence-corrected chi connectivity index (χ4v) is 12.6. The van der Waals surface area contributed by atoms with Gasteiger partial charge in [-0.2, -0.15) is 0 Å². The van der Waals surface area contributed by atoms with Crippen molar-refractivity contribution in [2.75, 3.05) is 9.80 Å². The number of rotatable bonds is 16. The second-order valence-corrected chi connectivity index (χ2v) is 21.0. The highest BCUT2D eigenvalue weighted by molar-refractivity contribution is 6.90. The Balaban J connectivity index is 1.13. The first kappa shape index (κ1) is 45.4. The molecule has 0 saturated carbocycles. The Morgan fingerprint density at radius 3 is 1.77 bits per heavy atom. The monoisotopic (exact) mass is 950 g/mol. The molecule has 9 aromatic carbocycles. The Labute approximate surface area is 431 Å². The molecule has 0 fully saturated rings. The van der Waals surface area contributed by atoms with Crippen molar-refractivity contribution in [2.24, 2.45) is 0 Å². The summed E-state index contributed by atoms with van der Waals surface area (Å²) in [6.45, 7) is 9.05. The second-order valence-electron chi connectivity index (χ2n) is 21.0. The highest BCUT2D eigenvalue weighted by atomic mass is 16.3. The number of fused-ring (bicyclic) bond motifs is 12. The van der Waals surface area contributed by atoms with Crippen molar-refractivity contribution < 1.29 is 4.42 Å². The minimum atomic E-state index is -0.124. The standard InChI is InChI=1S/C68H64BN3O/c1-5-9-18-45-28-33-50(34-29-45)70(51-35-30-46(31-36-51)19-10-6-2)52-37-39-61-59(44-52)69-66-63(71(61)62-26-17-25-55-54-24-15-16-27-64(54)73-68(55)62)43-49-22-13-14-23-53(49)65(66)58-42-48(21-12-8-4)41-57-56-40-47(20-11-7-3)32-38-60(56)72(69)67(57)58/h13-17,22-44H,5-12,18-21H2,1-4H3. The molecule has 0 unspecified atom stereocenters. The van der Waals surface area contributed by atoms with Crippen LogP contribution in [-0.2, 0) is 25.7 Å². The number of hydrogen-bond donors (Lipinski definition) is 0. The van der Waals surface area contributed by atoms with Gasteiger partial charge in [-0.05, 0) is 186 Å². The molecule has 73 heavy (non-hydrogen) atoms. The third kappa shape index (κ3) is 7.57. The molecule has 0 saturated heterocycles. The fraction of sp³-hybridized carbons (Fsp3) is 0.235. The molecule has 0 bridgehead atoms. The van der Waals surface area contributed by atoms with Gasteiger partial charge in [0.15, 0.2) is 5.58 Å². The lowest BCUT2D eigenvalue weighted by molar-refractivity contribution is 0.669. The van der Waals surface area contributed by atoms with Gasteiger partial charge in [-0.25, -0.2) is 0 Å². The van der Waals surface area contributed by atoms with Gasteiger partial charge in [-0.15, -0.1) is 0 Å². The van der Waals surface area contributed by atoms with Crippen LogP contribution in [0.25, 0.3) is 65.6 Å². The van der Waals surface area contributed by atoms with Crippen molar-refractivity contribution in [1.29, 1.82) is 0 Å². The number of furan rings is 1. The van der Waals surface area contributed by atoms with Crippen LogP contribution in [0.5, 0.6) is 0 Å². The maximum atomic E-state index is 6.98. The summed E-state index contributed by atoms with van der Waals surface area (Å²) in [5.41, 5.74) is 22.2. The van der Waals surface area contributed by atoms with Gasteiger partial charge >= 0.3 is 6.85 Å². The van der Waals surface area contributed by atoms with Crippen LogP contribution in [0.2, 0.25) is 0 Å². The zero-order chi connectivity index (χ0) is 49.2. The van der Waals surface area contributed by atoms with E-state index in [1.54, 1.807) is 0 Å². The van der Waals surface area contributed by atoms with Gasteiger partial charge in [-0.3, -0.25) is 0 Å². The van der Waals surface area contributed by atoms with Crippen LogP contribution in [0, 0.1) is 0 Å². The molecule has 0 spiro atoms. The molecule has 4 heterocycles. The minimum Gasteiger partial charge on any atom is -0.454 e. The Kier molecular flexibility index (Phi) is 11.7. The molecular formula is C68H64BN3O. The second kappa shape index (κ2) is 18.8. The number of hydrogen-bond acceptors (Lipinski definition) is 3. The SMILES string of the molecule is CCCCc1ccc(N(c2ccc(CCCC)cc2)c2ccc3c(c2)B2c4c(cc5ccccc5c4-c4cc(CCCC)cc5c6cc(CCCC)ccc6n2c45)N3c2cccc3c2oc2ccccc23)cc1. The van der Waals surface area contributed by atoms with Crippen molar-refractivity contribution >= 4 is 106 Å². The smallest absolute Gasteiger partial charge is 0.333 e. The first-order valence-electron chi connectivity index (χ1n) is 27.5. The number of anilines is 6. The normalized spacial score (nSPS) is 12.7. The van der Waals surface area contributed by atoms with Gasteiger partial charge < -0.3 is 18.7 Å². The van der Waals surface area contributed by atoms with E-state index in [0.29, 0.717) is 0 Å². The molecule has 0 aliphatic carbocycles. The number of aromatic nitrogens is 1. The summed E-state index contributed by atoms with van der Waals surface area (Å²) in [6, 6.07) is 65.5. The third-order valence-corrected chi connectivity index (χ3v) is 16.2. The van der Waals surface area contributed by atoms with E-state index in [1.165, 1.54) is 121 Å². The van der Waals surface area contributed by atoms with Gasteiger partial charge in [0.25, 0.3) is 0 Å². The number of nitrogens with zero attached hydrogens (tertiary/aromatic N) is 3. The molecule has 2 aromatic heterocycles. The van der Waals surface area contributed by atoms with Gasteiger partial charge in [0.2, 0.25) is 0 Å². The lowest BCUT2D eigenvalue weighted by Crippen LogP contribution is -2.56. The Hall–Kier alpha value is -7.50. The van der Waals surface area contributed by atoms with E-state index in [9.17, 15) is 0 Å². The Morgan fingerprint density at radius 1 is 0.452 bits per heavy atom. The van der Waals surface area contributed by atoms with Crippen LogP contribution in [0.3, 0.4) is 0 Å². The van der Waals surface area contributed by atoms with E-state index in [2.05, 4.69) is 212 Å². The van der Waals surface area contributed by atoms with Crippen LogP contribution >= 0.6 is 0 Å². The van der Waals surface area contributed by atoms with Gasteiger partial charge in [0.1, 0.15) is 5.58 Å². The highest BCUT2D eigenvalue weighted by Gasteiger charge is 2.44. The summed E-state index contributed by atoms with van der Waals surface area (Å²) in [5, 5.41) is 7.54. The van der Waals surface area contributed by atoms with Crippen molar-refractivity contribution in [1.82, 2.24) is 4.48 Å². The Bertz CT molecular complexity index is 3830. The largest absolute Gasteiger partial charge is 0.454 e. The summed E-state index contributed by atoms with van der Waals surface area (Å²) < 4.78 is 9.74. The van der Waals surface area contributed by atoms with Gasteiger partial charge in [0.05, 0.1) is 5.69 Å². The number of para-hydroxylation sites is 2. The molecule has 0 amide bonds. The van der Waals surface area contributed by atoms with Crippen LogP contribution in [0.4, 0.5) is 34.1 Å². The first-order valence-corrected chi connectivity index (χ1v) is 27.5. The van der Waals surface area contributed by atoms with E-state index >= 15 is 0 Å². The summed E-state index contributed by atoms with van der Waals surface area (Å²) in [4.78, 5) is 5.05. The molecule has 360 valence electrons. The van der Waals surface area contributed by atoms with Gasteiger partial charge in [0, 0.05) is 66.6 Å². The molecule has 2 aliphatic heterocycles. The minimum absolute atomic E-state index is 0.124. The molecule has 11 aromatic rings. The van der Waals surface area contributed by atoms with Crippen molar-refractivity contribution in [3.63, 3.8) is 0 Å². The van der Waals surface area contributed by atoms with E-state index < -0.39 is 0 Å². The van der Waals surface area contributed by atoms with E-state index in [4.69, 9.17) is 4.42 Å². The van der Waals surface area contributed by atoms with Crippen LogP contribution in [-0.4, -0.2) is 11.3 Å². The first-order chi connectivity index (χ1) is 36.0. The lowest BCUT2D eigenvalue weighted by atomic mass is 9.44. The molecule has 0 radical (unpaired) electrons. The number of unbranched alkanes of at least 4 members (excludes halogenated alkanes) is 4.